The minimum absolute atomic E-state index is 0.0562. The van der Waals surface area contributed by atoms with Gasteiger partial charge in [-0.1, -0.05) is 31.9 Å². The second-order valence-corrected chi connectivity index (χ2v) is 3.48. The molecule has 1 unspecified atom stereocenters. The van der Waals surface area contributed by atoms with Gasteiger partial charge in [0.05, 0.1) is 12.3 Å². The van der Waals surface area contributed by atoms with Gasteiger partial charge in [-0.05, 0) is 0 Å². The molecule has 0 aliphatic carbocycles. The molecule has 1 N–H and O–H groups in total. The first-order valence-corrected chi connectivity index (χ1v) is 5.40. The lowest BCUT2D eigenvalue weighted by Gasteiger charge is -2.15. The number of ether oxygens (including phenoxy) is 2. The van der Waals surface area contributed by atoms with Crippen LogP contribution in [0.3, 0.4) is 0 Å². The van der Waals surface area contributed by atoms with Crippen molar-refractivity contribution in [3.63, 3.8) is 0 Å². The molecule has 0 fully saturated rings. The Morgan fingerprint density at radius 3 is 2.11 bits per heavy atom. The number of carbonyl (C=O) groups excluding carboxylic acids is 2. The van der Waals surface area contributed by atoms with E-state index in [1.165, 1.54) is 12.2 Å². The lowest BCUT2D eigenvalue weighted by atomic mass is 9.97. The molecule has 0 aliphatic rings. The van der Waals surface area contributed by atoms with Crippen LogP contribution in [0.5, 0.6) is 0 Å². The number of hydrogen-bond donors (Lipinski definition) is 1. The highest BCUT2D eigenvalue weighted by Gasteiger charge is 2.30. The Morgan fingerprint density at radius 2 is 1.63 bits per heavy atom. The highest BCUT2D eigenvalue weighted by atomic mass is 16.5. The monoisotopic (exact) mass is 268 g/mol. The van der Waals surface area contributed by atoms with Gasteiger partial charge in [0, 0.05) is 5.57 Å². The lowest BCUT2D eigenvalue weighted by molar-refractivity contribution is -0.152. The van der Waals surface area contributed by atoms with Crippen LogP contribution in [0.2, 0.25) is 0 Å². The summed E-state index contributed by atoms with van der Waals surface area (Å²) in [7, 11) is 0. The zero-order chi connectivity index (χ0) is 14.8. The van der Waals surface area contributed by atoms with Crippen LogP contribution in [0, 0.1) is 5.92 Å². The maximum atomic E-state index is 11.6. The SMILES string of the molecule is C=CCOC(=O)C(=C)C(CC(=O)O)C(=O)OCC=C. The molecule has 19 heavy (non-hydrogen) atoms. The molecular weight excluding hydrogens is 252 g/mol. The molecule has 0 bridgehead atoms. The molecular formula is C13H16O6. The molecule has 0 aromatic heterocycles. The van der Waals surface area contributed by atoms with Gasteiger partial charge in [-0.15, -0.1) is 0 Å². The topological polar surface area (TPSA) is 89.9 Å². The number of carbonyl (C=O) groups is 3. The fourth-order valence-electron chi connectivity index (χ4n) is 1.13. The van der Waals surface area contributed by atoms with Gasteiger partial charge in [0.2, 0.25) is 0 Å². The summed E-state index contributed by atoms with van der Waals surface area (Å²) in [6, 6.07) is 0. The summed E-state index contributed by atoms with van der Waals surface area (Å²) in [6.07, 6.45) is 2.07. The predicted molar refractivity (Wildman–Crippen MR) is 67.2 cm³/mol. The predicted octanol–water partition coefficient (Wildman–Crippen LogP) is 1.09. The number of esters is 2. The van der Waals surface area contributed by atoms with Crippen LogP contribution in [0.1, 0.15) is 6.42 Å². The molecule has 0 aromatic carbocycles. The molecule has 0 aromatic rings. The Labute approximate surface area is 111 Å². The van der Waals surface area contributed by atoms with Gasteiger partial charge in [-0.3, -0.25) is 9.59 Å². The van der Waals surface area contributed by atoms with E-state index in [4.69, 9.17) is 14.6 Å². The molecule has 104 valence electrons. The smallest absolute Gasteiger partial charge is 0.334 e. The second kappa shape index (κ2) is 8.68. The average Bonchev–Trinajstić information content (AvgIpc) is 2.38. The Bertz CT molecular complexity index is 396. The van der Waals surface area contributed by atoms with E-state index in [-0.39, 0.29) is 18.8 Å². The van der Waals surface area contributed by atoms with Crippen molar-refractivity contribution in [2.45, 2.75) is 6.42 Å². The van der Waals surface area contributed by atoms with E-state index < -0.39 is 30.2 Å². The molecule has 6 heteroatoms. The van der Waals surface area contributed by atoms with Crippen molar-refractivity contribution in [3.8, 4) is 0 Å². The van der Waals surface area contributed by atoms with Gasteiger partial charge in [0.25, 0.3) is 0 Å². The minimum atomic E-state index is -1.28. The Morgan fingerprint density at radius 1 is 1.11 bits per heavy atom. The van der Waals surface area contributed by atoms with E-state index in [2.05, 4.69) is 19.7 Å². The summed E-state index contributed by atoms with van der Waals surface area (Å²) in [5.41, 5.74) is -0.265. The Balaban J connectivity index is 4.81. The van der Waals surface area contributed by atoms with Crippen LogP contribution in [0.4, 0.5) is 0 Å². The van der Waals surface area contributed by atoms with Gasteiger partial charge in [0.15, 0.2) is 0 Å². The maximum absolute atomic E-state index is 11.6. The van der Waals surface area contributed by atoms with Crippen molar-refractivity contribution in [1.82, 2.24) is 0 Å². The summed E-state index contributed by atoms with van der Waals surface area (Å²) < 4.78 is 9.41. The fraction of sp³-hybridized carbons (Fsp3) is 0.308. The van der Waals surface area contributed by atoms with Crippen molar-refractivity contribution >= 4 is 17.9 Å². The van der Waals surface area contributed by atoms with Crippen molar-refractivity contribution in [3.05, 3.63) is 37.5 Å². The molecule has 0 radical (unpaired) electrons. The van der Waals surface area contributed by atoms with Crippen LogP contribution in [-0.2, 0) is 23.9 Å². The van der Waals surface area contributed by atoms with Gasteiger partial charge in [-0.25, -0.2) is 4.79 Å². The molecule has 1 atom stereocenters. The highest BCUT2D eigenvalue weighted by Crippen LogP contribution is 2.17. The first-order chi connectivity index (χ1) is 8.93. The largest absolute Gasteiger partial charge is 0.481 e. The van der Waals surface area contributed by atoms with Crippen LogP contribution < -0.4 is 0 Å². The molecule has 0 spiro atoms. The summed E-state index contributed by atoms with van der Waals surface area (Å²) >= 11 is 0. The van der Waals surface area contributed by atoms with E-state index in [9.17, 15) is 14.4 Å². The summed E-state index contributed by atoms with van der Waals surface area (Å²) in [5, 5.41) is 8.73. The van der Waals surface area contributed by atoms with E-state index in [0.717, 1.165) is 0 Å². The molecule has 6 nitrogen and oxygen atoms in total. The van der Waals surface area contributed by atoms with Gasteiger partial charge < -0.3 is 14.6 Å². The molecule has 0 heterocycles. The fourth-order valence-corrected chi connectivity index (χ4v) is 1.13. The maximum Gasteiger partial charge on any atom is 0.334 e. The molecule has 0 saturated carbocycles. The molecule has 0 amide bonds. The van der Waals surface area contributed by atoms with E-state index in [1.54, 1.807) is 0 Å². The standard InChI is InChI=1S/C13H16O6/c1-4-6-18-12(16)9(3)10(8-11(14)15)13(17)19-7-5-2/h4-5,10H,1-3,6-8H2,(H,14,15). The normalized spacial score (nSPS) is 10.9. The third-order valence-corrected chi connectivity index (χ3v) is 2.02. The van der Waals surface area contributed by atoms with Gasteiger partial charge >= 0.3 is 17.9 Å². The van der Waals surface area contributed by atoms with Crippen molar-refractivity contribution < 1.29 is 29.0 Å². The third-order valence-electron chi connectivity index (χ3n) is 2.02. The van der Waals surface area contributed by atoms with Crippen LogP contribution in [-0.4, -0.2) is 36.2 Å². The third kappa shape index (κ3) is 6.21. The summed E-state index contributed by atoms with van der Waals surface area (Å²) in [4.78, 5) is 33.8. The van der Waals surface area contributed by atoms with Crippen molar-refractivity contribution in [1.29, 1.82) is 0 Å². The number of aliphatic carboxylic acids is 1. The summed E-state index contributed by atoms with van der Waals surface area (Å²) in [6.45, 7) is 9.97. The second-order valence-electron chi connectivity index (χ2n) is 3.48. The summed E-state index contributed by atoms with van der Waals surface area (Å²) in [5.74, 6) is -4.25. The number of rotatable bonds is 9. The number of carboxylic acid groups (broad SMARTS) is 1. The quantitative estimate of drug-likeness (QED) is 0.382. The van der Waals surface area contributed by atoms with Crippen LogP contribution in [0.15, 0.2) is 37.5 Å². The van der Waals surface area contributed by atoms with Crippen molar-refractivity contribution in [2.24, 2.45) is 5.92 Å². The van der Waals surface area contributed by atoms with E-state index >= 15 is 0 Å². The van der Waals surface area contributed by atoms with Crippen LogP contribution >= 0.6 is 0 Å². The number of carboxylic acids is 1. The zero-order valence-corrected chi connectivity index (χ0v) is 10.5. The van der Waals surface area contributed by atoms with Gasteiger partial charge in [0.1, 0.15) is 13.2 Å². The first kappa shape index (κ1) is 16.6. The van der Waals surface area contributed by atoms with E-state index in [1.807, 2.05) is 0 Å². The minimum Gasteiger partial charge on any atom is -0.481 e. The lowest BCUT2D eigenvalue weighted by Crippen LogP contribution is -2.27. The first-order valence-electron chi connectivity index (χ1n) is 5.40. The molecule has 0 saturated heterocycles. The van der Waals surface area contributed by atoms with Crippen LogP contribution in [0.25, 0.3) is 0 Å². The van der Waals surface area contributed by atoms with Crippen molar-refractivity contribution in [2.75, 3.05) is 13.2 Å². The molecule has 0 aliphatic heterocycles. The van der Waals surface area contributed by atoms with E-state index in [0.29, 0.717) is 0 Å². The Kier molecular flexibility index (Phi) is 7.60. The Hall–Kier alpha value is -2.37. The van der Waals surface area contributed by atoms with Gasteiger partial charge in [-0.2, -0.15) is 0 Å². The zero-order valence-electron chi connectivity index (χ0n) is 10.5. The molecule has 0 rings (SSSR count). The number of hydrogen-bond acceptors (Lipinski definition) is 5. The average molecular weight is 268 g/mol. The highest BCUT2D eigenvalue weighted by molar-refractivity contribution is 5.96.